The summed E-state index contributed by atoms with van der Waals surface area (Å²) < 4.78 is 29.6. The summed E-state index contributed by atoms with van der Waals surface area (Å²) in [5.41, 5.74) is 8.71. The van der Waals surface area contributed by atoms with E-state index in [-0.39, 0.29) is 11.6 Å². The summed E-state index contributed by atoms with van der Waals surface area (Å²) in [6.45, 7) is 14.3. The molecule has 0 aliphatic heterocycles. The Morgan fingerprint density at radius 2 is 1.68 bits per heavy atom. The van der Waals surface area contributed by atoms with Gasteiger partial charge in [0, 0.05) is 59.8 Å². The van der Waals surface area contributed by atoms with Gasteiger partial charge in [-0.1, -0.05) is 33.9 Å². The van der Waals surface area contributed by atoms with E-state index in [0.717, 1.165) is 23.2 Å². The largest absolute Gasteiger partial charge is 0.336 e. The van der Waals surface area contributed by atoms with Crippen LogP contribution in [0.15, 0.2) is 79.9 Å². The first-order valence-electron chi connectivity index (χ1n) is 14.4. The van der Waals surface area contributed by atoms with E-state index in [1.165, 1.54) is 18.2 Å². The molecule has 0 atom stereocenters. The summed E-state index contributed by atoms with van der Waals surface area (Å²) in [6, 6.07) is 11.8. The summed E-state index contributed by atoms with van der Waals surface area (Å²) in [5, 5.41) is 14.4. The van der Waals surface area contributed by atoms with Crippen molar-refractivity contribution in [3.8, 4) is 33.9 Å². The van der Waals surface area contributed by atoms with E-state index in [9.17, 15) is 4.39 Å². The number of aromatic amines is 2. The molecule has 2 aromatic carbocycles. The summed E-state index contributed by atoms with van der Waals surface area (Å²) >= 11 is 0. The molecule has 0 fully saturated rings. The lowest BCUT2D eigenvalue weighted by molar-refractivity contribution is 0.624. The zero-order valence-corrected chi connectivity index (χ0v) is 25.4. The molecule has 4 aromatic heterocycles. The van der Waals surface area contributed by atoms with Crippen molar-refractivity contribution in [1.29, 1.82) is 0 Å². The van der Waals surface area contributed by atoms with Gasteiger partial charge in [0.2, 0.25) is 0 Å². The summed E-state index contributed by atoms with van der Waals surface area (Å²) in [5.74, 6) is -0.224. The number of imidazole rings is 1. The normalized spacial score (nSPS) is 10.6. The van der Waals surface area contributed by atoms with Gasteiger partial charge >= 0.3 is 0 Å². The van der Waals surface area contributed by atoms with Gasteiger partial charge in [0.25, 0.3) is 0 Å². The molecule has 4 heterocycles. The first-order chi connectivity index (χ1) is 21.4. The van der Waals surface area contributed by atoms with Crippen molar-refractivity contribution in [1.82, 2.24) is 40.8 Å². The van der Waals surface area contributed by atoms with Crippen molar-refractivity contribution >= 4 is 21.9 Å². The molecule has 0 saturated carbocycles. The molecule has 8 nitrogen and oxygen atoms in total. The number of fused-ring (bicyclic) bond motifs is 2. The van der Waals surface area contributed by atoms with E-state index in [1.54, 1.807) is 24.7 Å². The highest BCUT2D eigenvalue weighted by molar-refractivity contribution is 5.97. The number of aromatic nitrogens is 6. The van der Waals surface area contributed by atoms with Gasteiger partial charge in [-0.3, -0.25) is 15.1 Å². The number of hydrogen-bond acceptors (Lipinski definition) is 6. The predicted molar refractivity (Wildman–Crippen MR) is 174 cm³/mol. The Balaban J connectivity index is 0.000000834. The molecule has 10 heteroatoms. The molecule has 226 valence electrons. The van der Waals surface area contributed by atoms with Gasteiger partial charge in [-0.15, -0.1) is 5.73 Å². The summed E-state index contributed by atoms with van der Waals surface area (Å²) in [4.78, 5) is 16.9. The van der Waals surface area contributed by atoms with Gasteiger partial charge in [-0.2, -0.15) is 5.10 Å². The standard InChI is InChI=1S/C29H26F2N8.C3H4.C2H6/c1-3-33-13-17-7-19(15-34-14-17)21-10-22-25(11-23(21)31)38-39-27(22)29-36-24-4-5-35-26(28(24)37-29)18-6-16(12-32-2)8-20(30)9-18;1-3-2;1-2/h4-11,14-15,32-33H,3,12-13H2,1-2H3,(H,36,37)(H,38,39);1-2H2;1-2H3. The second kappa shape index (κ2) is 14.9. The monoisotopic (exact) mass is 594 g/mol. The first kappa shape index (κ1) is 31.9. The fraction of sp³-hybridized carbons (Fsp3) is 0.206. The number of benzene rings is 2. The fourth-order valence-electron chi connectivity index (χ4n) is 4.79. The molecular formula is C34H36F2N8. The highest BCUT2D eigenvalue weighted by atomic mass is 19.1. The zero-order chi connectivity index (χ0) is 31.6. The summed E-state index contributed by atoms with van der Waals surface area (Å²) in [7, 11) is 1.81. The quantitative estimate of drug-likeness (QED) is 0.138. The van der Waals surface area contributed by atoms with Gasteiger partial charge in [0.05, 0.1) is 16.7 Å². The Morgan fingerprint density at radius 3 is 2.43 bits per heavy atom. The Bertz CT molecular complexity index is 1900. The van der Waals surface area contributed by atoms with Gasteiger partial charge in [0.1, 0.15) is 22.8 Å². The van der Waals surface area contributed by atoms with E-state index in [2.05, 4.69) is 54.7 Å². The molecule has 6 rings (SSSR count). The number of H-pyrrole nitrogens is 2. The smallest absolute Gasteiger partial charge is 0.159 e. The molecule has 0 radical (unpaired) electrons. The van der Waals surface area contributed by atoms with Gasteiger partial charge in [-0.05, 0) is 61.1 Å². The number of rotatable bonds is 8. The van der Waals surface area contributed by atoms with Crippen LogP contribution in [0.4, 0.5) is 8.78 Å². The SMILES string of the molecule is C=C=C.CC.CCNCc1cncc(-c2cc3c(-c4nc5c(-c6cc(F)cc(CNC)c6)nccc5[nH]4)n[nH]c3cc2F)c1. The Morgan fingerprint density at radius 1 is 0.909 bits per heavy atom. The average molecular weight is 595 g/mol. The maximum Gasteiger partial charge on any atom is 0.159 e. The molecule has 0 saturated heterocycles. The van der Waals surface area contributed by atoms with Crippen LogP contribution in [-0.2, 0) is 13.1 Å². The first-order valence-corrected chi connectivity index (χ1v) is 14.4. The Labute approximate surface area is 255 Å². The van der Waals surface area contributed by atoms with Crippen LogP contribution in [0.2, 0.25) is 0 Å². The highest BCUT2D eigenvalue weighted by Gasteiger charge is 2.19. The lowest BCUT2D eigenvalue weighted by Crippen LogP contribution is -2.11. The molecule has 0 aliphatic carbocycles. The molecule has 0 bridgehead atoms. The van der Waals surface area contributed by atoms with E-state index >= 15 is 4.39 Å². The van der Waals surface area contributed by atoms with Gasteiger partial charge < -0.3 is 15.6 Å². The van der Waals surface area contributed by atoms with Crippen molar-refractivity contribution in [2.24, 2.45) is 0 Å². The van der Waals surface area contributed by atoms with Crippen LogP contribution < -0.4 is 10.6 Å². The Hall–Kier alpha value is -5.02. The van der Waals surface area contributed by atoms with Gasteiger partial charge in [-0.25, -0.2) is 13.8 Å². The van der Waals surface area contributed by atoms with Crippen LogP contribution in [-0.4, -0.2) is 43.7 Å². The second-order valence-corrected chi connectivity index (χ2v) is 9.58. The molecule has 6 aromatic rings. The van der Waals surface area contributed by atoms with Crippen LogP contribution in [0.1, 0.15) is 31.9 Å². The number of nitrogens with zero attached hydrogens (tertiary/aromatic N) is 4. The number of hydrogen-bond donors (Lipinski definition) is 4. The zero-order valence-electron chi connectivity index (χ0n) is 25.4. The van der Waals surface area contributed by atoms with E-state index in [0.29, 0.717) is 63.4 Å². The minimum absolute atomic E-state index is 0.343. The van der Waals surface area contributed by atoms with Crippen molar-refractivity contribution in [2.75, 3.05) is 13.6 Å². The molecule has 0 aliphatic rings. The van der Waals surface area contributed by atoms with E-state index in [4.69, 9.17) is 4.98 Å². The Kier molecular flexibility index (Phi) is 10.8. The number of halogens is 2. The third-order valence-corrected chi connectivity index (χ3v) is 6.57. The topological polar surface area (TPSA) is 107 Å². The van der Waals surface area contributed by atoms with Crippen molar-refractivity contribution < 1.29 is 8.78 Å². The highest BCUT2D eigenvalue weighted by Crippen LogP contribution is 2.34. The average Bonchev–Trinajstić information content (AvgIpc) is 3.65. The van der Waals surface area contributed by atoms with Crippen molar-refractivity contribution in [2.45, 2.75) is 33.9 Å². The predicted octanol–water partition coefficient (Wildman–Crippen LogP) is 7.32. The minimum atomic E-state index is -0.375. The molecule has 0 amide bonds. The summed E-state index contributed by atoms with van der Waals surface area (Å²) in [6.07, 6.45) is 5.08. The van der Waals surface area contributed by atoms with E-state index in [1.807, 2.05) is 46.0 Å². The maximum atomic E-state index is 15.2. The van der Waals surface area contributed by atoms with Crippen LogP contribution in [0.5, 0.6) is 0 Å². The molecule has 44 heavy (non-hydrogen) atoms. The van der Waals surface area contributed by atoms with Crippen LogP contribution >= 0.6 is 0 Å². The second-order valence-electron chi connectivity index (χ2n) is 9.58. The molecule has 4 N–H and O–H groups in total. The van der Waals surface area contributed by atoms with Crippen molar-refractivity contribution in [3.05, 3.63) is 103 Å². The third-order valence-electron chi connectivity index (χ3n) is 6.57. The number of nitrogens with one attached hydrogen (secondary N) is 4. The van der Waals surface area contributed by atoms with Crippen LogP contribution in [0.25, 0.3) is 55.8 Å². The third kappa shape index (κ3) is 6.95. The molecular weight excluding hydrogens is 558 g/mol. The lowest BCUT2D eigenvalue weighted by atomic mass is 10.0. The lowest BCUT2D eigenvalue weighted by Gasteiger charge is -2.07. The van der Waals surface area contributed by atoms with Gasteiger partial charge in [0.15, 0.2) is 5.82 Å². The molecule has 0 unspecified atom stereocenters. The van der Waals surface area contributed by atoms with Crippen LogP contribution in [0, 0.1) is 11.6 Å². The molecule has 0 spiro atoms. The number of pyridine rings is 2. The maximum absolute atomic E-state index is 15.2. The fourth-order valence-corrected chi connectivity index (χ4v) is 4.79. The van der Waals surface area contributed by atoms with Crippen molar-refractivity contribution in [3.63, 3.8) is 0 Å². The van der Waals surface area contributed by atoms with E-state index < -0.39 is 0 Å². The van der Waals surface area contributed by atoms with Crippen LogP contribution in [0.3, 0.4) is 0 Å². The minimum Gasteiger partial charge on any atom is -0.336 e.